The van der Waals surface area contributed by atoms with Crippen molar-refractivity contribution in [2.75, 3.05) is 19.6 Å². The highest BCUT2D eigenvalue weighted by Gasteiger charge is 2.53. The quantitative estimate of drug-likeness (QED) is 0.425. The van der Waals surface area contributed by atoms with Crippen LogP contribution in [0.5, 0.6) is 0 Å². The summed E-state index contributed by atoms with van der Waals surface area (Å²) in [5, 5.41) is 11.2. The van der Waals surface area contributed by atoms with Gasteiger partial charge in [-0.1, -0.05) is 84.9 Å². The van der Waals surface area contributed by atoms with Crippen LogP contribution in [-0.2, 0) is 32.3 Å². The normalized spacial score (nSPS) is 19.0. The fourth-order valence-corrected chi connectivity index (χ4v) is 5.85. The summed E-state index contributed by atoms with van der Waals surface area (Å²) in [6.45, 7) is 1.85. The minimum atomic E-state index is -1.53. The van der Waals surface area contributed by atoms with Crippen molar-refractivity contribution in [3.05, 3.63) is 96.1 Å². The lowest BCUT2D eigenvalue weighted by atomic mass is 9.74. The number of carbonyl (C=O) groups excluding carboxylic acids is 3. The summed E-state index contributed by atoms with van der Waals surface area (Å²) in [5.41, 5.74) is 3.56. The first-order valence-electron chi connectivity index (χ1n) is 13.6. The number of piperidine rings is 2. The van der Waals surface area contributed by atoms with Gasteiger partial charge in [0.2, 0.25) is 11.8 Å². The molecule has 0 aromatic heterocycles. The molecule has 5 rings (SSSR count). The molecule has 0 bridgehead atoms. The Morgan fingerprint density at radius 1 is 0.800 bits per heavy atom. The number of rotatable bonds is 8. The molecule has 1 unspecified atom stereocenters. The van der Waals surface area contributed by atoms with Crippen molar-refractivity contribution in [3.8, 4) is 11.1 Å². The van der Waals surface area contributed by atoms with Gasteiger partial charge in [-0.2, -0.15) is 0 Å². The molecule has 3 aromatic rings. The van der Waals surface area contributed by atoms with Crippen molar-refractivity contribution in [2.24, 2.45) is 5.92 Å². The van der Waals surface area contributed by atoms with E-state index in [-0.39, 0.29) is 13.0 Å². The van der Waals surface area contributed by atoms with E-state index in [4.69, 9.17) is 5.11 Å². The lowest BCUT2D eigenvalue weighted by molar-refractivity contribution is -0.162. The maximum Gasteiger partial charge on any atom is 0.322 e. The molecule has 2 fully saturated rings. The number of likely N-dealkylation sites (tertiary alicyclic amines) is 2. The van der Waals surface area contributed by atoms with Gasteiger partial charge in [-0.15, -0.1) is 0 Å². The van der Waals surface area contributed by atoms with Crippen LogP contribution in [0.3, 0.4) is 0 Å². The van der Waals surface area contributed by atoms with Crippen molar-refractivity contribution < 1.29 is 24.3 Å². The van der Waals surface area contributed by atoms with Gasteiger partial charge in [0.05, 0.1) is 5.54 Å². The Morgan fingerprint density at radius 2 is 1.38 bits per heavy atom. The van der Waals surface area contributed by atoms with Crippen LogP contribution in [-0.4, -0.2) is 63.6 Å². The van der Waals surface area contributed by atoms with Gasteiger partial charge >= 0.3 is 5.97 Å². The molecule has 8 nitrogen and oxygen atoms in total. The van der Waals surface area contributed by atoms with Gasteiger partial charge < -0.3 is 15.3 Å². The first-order valence-corrected chi connectivity index (χ1v) is 13.6. The number of amides is 2. The topological polar surface area (TPSA) is 107 Å². The van der Waals surface area contributed by atoms with E-state index in [9.17, 15) is 19.2 Å². The highest BCUT2D eigenvalue weighted by atomic mass is 16.4. The van der Waals surface area contributed by atoms with Gasteiger partial charge in [0.25, 0.3) is 0 Å². The van der Waals surface area contributed by atoms with Crippen LogP contribution >= 0.6 is 0 Å². The van der Waals surface area contributed by atoms with E-state index >= 15 is 0 Å². The van der Waals surface area contributed by atoms with E-state index in [0.29, 0.717) is 12.8 Å². The summed E-state index contributed by atoms with van der Waals surface area (Å²) in [7, 11) is 0. The fraction of sp³-hybridized carbons (Fsp3) is 0.312. The predicted octanol–water partition coefficient (Wildman–Crippen LogP) is 3.51. The summed E-state index contributed by atoms with van der Waals surface area (Å²) < 4.78 is 0. The molecule has 2 N–H and O–H groups in total. The van der Waals surface area contributed by atoms with Crippen LogP contribution in [0.25, 0.3) is 11.1 Å². The number of hydrogen-bond acceptors (Lipinski definition) is 5. The molecule has 2 aliphatic heterocycles. The number of carboxylic acid groups (broad SMARTS) is 1. The van der Waals surface area contributed by atoms with Gasteiger partial charge in [0, 0.05) is 32.6 Å². The van der Waals surface area contributed by atoms with Crippen molar-refractivity contribution >= 4 is 23.6 Å². The smallest absolute Gasteiger partial charge is 0.322 e. The maximum absolute atomic E-state index is 13.8. The van der Waals surface area contributed by atoms with E-state index in [0.717, 1.165) is 36.3 Å². The maximum atomic E-state index is 13.8. The SMILES string of the molecule is O=C(O)CNC(=O)C1C(=O)CC2(CCN(Cc3ccccc3)CC2)N(Cc2ccc(-c3ccccc3)cc2)C1=O. The molecule has 40 heavy (non-hydrogen) atoms. The standard InChI is InChI=1S/C32H33N3O5/c36-27-19-32(15-17-34(18-16-32)21-23-7-3-1-4-8-23)35(31(40)29(27)30(39)33-20-28(37)38)22-24-11-13-26(14-12-24)25-9-5-2-6-10-25/h1-14,29H,15-22H2,(H,33,39)(H,37,38). The van der Waals surface area contributed by atoms with E-state index in [1.54, 1.807) is 4.90 Å². The van der Waals surface area contributed by atoms with Gasteiger partial charge in [-0.25, -0.2) is 0 Å². The highest BCUT2D eigenvalue weighted by Crippen LogP contribution is 2.40. The Hall–Kier alpha value is -4.30. The predicted molar refractivity (Wildman–Crippen MR) is 150 cm³/mol. The molecule has 1 atom stereocenters. The van der Waals surface area contributed by atoms with Crippen molar-refractivity contribution in [1.82, 2.24) is 15.1 Å². The second-order valence-electron chi connectivity index (χ2n) is 10.7. The first-order chi connectivity index (χ1) is 19.3. The van der Waals surface area contributed by atoms with Gasteiger partial charge in [0.15, 0.2) is 11.7 Å². The Labute approximate surface area is 233 Å². The van der Waals surface area contributed by atoms with Crippen LogP contribution in [0.15, 0.2) is 84.9 Å². The second-order valence-corrected chi connectivity index (χ2v) is 10.7. The fourth-order valence-electron chi connectivity index (χ4n) is 5.85. The van der Waals surface area contributed by atoms with E-state index < -0.39 is 41.6 Å². The molecular weight excluding hydrogens is 506 g/mol. The summed E-state index contributed by atoms with van der Waals surface area (Å²) >= 11 is 0. The third-order valence-corrected chi connectivity index (χ3v) is 8.02. The lowest BCUT2D eigenvalue weighted by Crippen LogP contribution is -2.65. The molecule has 2 saturated heterocycles. The number of nitrogens with one attached hydrogen (secondary N) is 1. The van der Waals surface area contributed by atoms with Gasteiger partial charge in [-0.3, -0.25) is 24.1 Å². The Balaban J connectivity index is 1.38. The molecule has 1 spiro atoms. The largest absolute Gasteiger partial charge is 0.480 e. The van der Waals surface area contributed by atoms with Crippen molar-refractivity contribution in [3.63, 3.8) is 0 Å². The van der Waals surface area contributed by atoms with Crippen molar-refractivity contribution in [2.45, 2.75) is 37.9 Å². The molecule has 0 saturated carbocycles. The number of carbonyl (C=O) groups is 4. The lowest BCUT2D eigenvalue weighted by Gasteiger charge is -2.52. The average Bonchev–Trinajstić information content (AvgIpc) is 2.97. The van der Waals surface area contributed by atoms with Crippen LogP contribution < -0.4 is 5.32 Å². The van der Waals surface area contributed by atoms with E-state index in [1.165, 1.54) is 5.56 Å². The monoisotopic (exact) mass is 539 g/mol. The zero-order chi connectivity index (χ0) is 28.1. The Bertz CT molecular complexity index is 1370. The molecule has 0 aliphatic carbocycles. The molecular formula is C32H33N3O5. The number of Topliss-reactive ketones (excluding diaryl/α,β-unsaturated/α-hetero) is 1. The molecule has 0 radical (unpaired) electrons. The van der Waals surface area contributed by atoms with E-state index in [1.807, 2.05) is 72.8 Å². The highest BCUT2D eigenvalue weighted by molar-refractivity contribution is 6.20. The number of nitrogens with zero attached hydrogens (tertiary/aromatic N) is 2. The molecule has 2 amide bonds. The molecule has 3 aromatic carbocycles. The molecule has 8 heteroatoms. The van der Waals surface area contributed by atoms with Crippen LogP contribution in [0, 0.1) is 5.92 Å². The number of hydrogen-bond donors (Lipinski definition) is 2. The second kappa shape index (κ2) is 11.8. The third-order valence-electron chi connectivity index (χ3n) is 8.02. The molecule has 2 aliphatic rings. The zero-order valence-electron chi connectivity index (χ0n) is 22.3. The summed E-state index contributed by atoms with van der Waals surface area (Å²) in [4.78, 5) is 54.9. The number of ketones is 1. The number of aliphatic carboxylic acids is 1. The summed E-state index contributed by atoms with van der Waals surface area (Å²) in [6.07, 6.45) is 1.30. The minimum Gasteiger partial charge on any atom is -0.480 e. The van der Waals surface area contributed by atoms with E-state index in [2.05, 4.69) is 22.3 Å². The average molecular weight is 540 g/mol. The van der Waals surface area contributed by atoms with Crippen LogP contribution in [0.2, 0.25) is 0 Å². The first kappa shape index (κ1) is 27.3. The van der Waals surface area contributed by atoms with Gasteiger partial charge in [-0.05, 0) is 35.1 Å². The number of carboxylic acids is 1. The number of benzene rings is 3. The van der Waals surface area contributed by atoms with Gasteiger partial charge in [0.1, 0.15) is 6.54 Å². The molecule has 206 valence electrons. The third kappa shape index (κ3) is 5.97. The Morgan fingerprint density at radius 3 is 2.00 bits per heavy atom. The van der Waals surface area contributed by atoms with Crippen LogP contribution in [0.1, 0.15) is 30.4 Å². The molecule has 2 heterocycles. The van der Waals surface area contributed by atoms with Crippen LogP contribution in [0.4, 0.5) is 0 Å². The Kier molecular flexibility index (Phi) is 8.07. The summed E-state index contributed by atoms with van der Waals surface area (Å²) in [6, 6.07) is 28.2. The minimum absolute atomic E-state index is 0.0746. The zero-order valence-corrected chi connectivity index (χ0v) is 22.3. The van der Waals surface area contributed by atoms with Crippen molar-refractivity contribution in [1.29, 1.82) is 0 Å². The summed E-state index contributed by atoms with van der Waals surface area (Å²) in [5.74, 6) is -4.61.